The molecule has 104 valence electrons. The van der Waals surface area contributed by atoms with Crippen molar-refractivity contribution >= 4 is 21.8 Å². The van der Waals surface area contributed by atoms with Crippen molar-refractivity contribution < 1.29 is 14.3 Å². The van der Waals surface area contributed by atoms with Gasteiger partial charge in [-0.2, -0.15) is 0 Å². The molecule has 0 bridgehead atoms. The summed E-state index contributed by atoms with van der Waals surface area (Å²) in [6, 6.07) is 5.31. The second-order valence-electron chi connectivity index (χ2n) is 4.76. The Kier molecular flexibility index (Phi) is 4.34. The van der Waals surface area contributed by atoms with Crippen LogP contribution in [0.3, 0.4) is 0 Å². The minimum Gasteiger partial charge on any atom is -0.493 e. The highest BCUT2D eigenvalue weighted by Crippen LogP contribution is 2.35. The second-order valence-corrected chi connectivity index (χ2v) is 5.32. The summed E-state index contributed by atoms with van der Waals surface area (Å²) in [5, 5.41) is 3.88. The van der Waals surface area contributed by atoms with Crippen LogP contribution in [-0.4, -0.2) is 31.0 Å². The van der Waals surface area contributed by atoms with E-state index in [-0.39, 0.29) is 11.4 Å². The number of nitrogens with one attached hydrogen (secondary N) is 1. The van der Waals surface area contributed by atoms with Gasteiger partial charge in [0.1, 0.15) is 0 Å². The third-order valence-corrected chi connectivity index (χ3v) is 4.67. The van der Waals surface area contributed by atoms with E-state index in [1.807, 2.05) is 0 Å². The van der Waals surface area contributed by atoms with E-state index in [0.717, 1.165) is 24.6 Å². The lowest BCUT2D eigenvalue weighted by molar-refractivity contribution is 0.0853. The van der Waals surface area contributed by atoms with Crippen LogP contribution in [0, 0.1) is 0 Å². The Balaban J connectivity index is 2.23. The molecular weight excluding hydrogens is 310 g/mol. The minimum absolute atomic E-state index is 0.106. The van der Waals surface area contributed by atoms with Crippen LogP contribution in [0.2, 0.25) is 0 Å². The van der Waals surface area contributed by atoms with E-state index in [1.165, 1.54) is 7.11 Å². The molecule has 1 aliphatic rings. The van der Waals surface area contributed by atoms with Gasteiger partial charge in [0.05, 0.1) is 25.3 Å². The van der Waals surface area contributed by atoms with Crippen LogP contribution in [0.1, 0.15) is 29.6 Å². The van der Waals surface area contributed by atoms with E-state index in [9.17, 15) is 4.79 Å². The number of rotatable bonds is 5. The fourth-order valence-corrected chi connectivity index (χ4v) is 2.97. The van der Waals surface area contributed by atoms with Gasteiger partial charge in [-0.25, -0.2) is 0 Å². The van der Waals surface area contributed by atoms with Crippen molar-refractivity contribution in [3.05, 3.63) is 23.8 Å². The number of amides is 1. The Morgan fingerprint density at radius 2 is 2.11 bits per heavy atom. The number of carbonyl (C=O) groups is 1. The monoisotopic (exact) mass is 327 g/mol. The molecular formula is C14H18BrNO3. The van der Waals surface area contributed by atoms with E-state index in [4.69, 9.17) is 9.47 Å². The van der Waals surface area contributed by atoms with Crippen molar-refractivity contribution in [3.63, 3.8) is 0 Å². The highest BCUT2D eigenvalue weighted by molar-refractivity contribution is 9.09. The Morgan fingerprint density at radius 1 is 1.37 bits per heavy atom. The third-order valence-electron chi connectivity index (χ3n) is 3.59. The van der Waals surface area contributed by atoms with E-state index < -0.39 is 0 Å². The Bertz CT molecular complexity index is 466. The average molecular weight is 328 g/mol. The summed E-state index contributed by atoms with van der Waals surface area (Å²) in [4.78, 5) is 12.4. The van der Waals surface area contributed by atoms with E-state index in [2.05, 4.69) is 21.2 Å². The van der Waals surface area contributed by atoms with Crippen LogP contribution in [0.5, 0.6) is 11.5 Å². The molecule has 1 saturated carbocycles. The van der Waals surface area contributed by atoms with Crippen LogP contribution in [0.15, 0.2) is 18.2 Å². The molecule has 0 atom stereocenters. The van der Waals surface area contributed by atoms with Crippen LogP contribution >= 0.6 is 15.9 Å². The van der Waals surface area contributed by atoms with Crippen LogP contribution in [0.4, 0.5) is 0 Å². The second kappa shape index (κ2) is 5.82. The number of hydrogen-bond acceptors (Lipinski definition) is 3. The Labute approximate surface area is 121 Å². The average Bonchev–Trinajstić information content (AvgIpc) is 2.41. The number of hydrogen-bond donors (Lipinski definition) is 1. The van der Waals surface area contributed by atoms with Crippen LogP contribution in [0.25, 0.3) is 0 Å². The summed E-state index contributed by atoms with van der Waals surface area (Å²) in [6.07, 6.45) is 3.17. The van der Waals surface area contributed by atoms with Gasteiger partial charge in [0.25, 0.3) is 5.91 Å². The van der Waals surface area contributed by atoms with Crippen LogP contribution < -0.4 is 14.8 Å². The number of carbonyl (C=O) groups excluding carboxylic acids is 1. The highest BCUT2D eigenvalue weighted by Gasteiger charge is 2.38. The van der Waals surface area contributed by atoms with Crippen molar-refractivity contribution in [3.8, 4) is 11.5 Å². The van der Waals surface area contributed by atoms with Gasteiger partial charge >= 0.3 is 0 Å². The van der Waals surface area contributed by atoms with Crippen molar-refractivity contribution in [2.75, 3.05) is 19.5 Å². The molecule has 1 aromatic rings. The van der Waals surface area contributed by atoms with E-state index >= 15 is 0 Å². The summed E-state index contributed by atoms with van der Waals surface area (Å²) in [5.74, 6) is 0.929. The smallest absolute Gasteiger partial charge is 0.255 e. The van der Waals surface area contributed by atoms with Gasteiger partial charge in [-0.3, -0.25) is 4.79 Å². The quantitative estimate of drug-likeness (QED) is 0.846. The lowest BCUT2D eigenvalue weighted by Crippen LogP contribution is -2.54. The largest absolute Gasteiger partial charge is 0.493 e. The SMILES string of the molecule is COc1cccc(C(=O)NC2(CBr)CCC2)c1OC. The number of halogens is 1. The molecule has 1 amide bonds. The molecule has 1 aliphatic carbocycles. The zero-order valence-electron chi connectivity index (χ0n) is 11.2. The number of para-hydroxylation sites is 1. The van der Waals surface area contributed by atoms with E-state index in [0.29, 0.717) is 17.1 Å². The first-order valence-electron chi connectivity index (χ1n) is 6.25. The first-order chi connectivity index (χ1) is 9.15. The van der Waals surface area contributed by atoms with Crippen molar-refractivity contribution in [2.24, 2.45) is 0 Å². The fourth-order valence-electron chi connectivity index (χ4n) is 2.27. The molecule has 0 heterocycles. The first kappa shape index (κ1) is 14.2. The third kappa shape index (κ3) is 2.71. The number of ether oxygens (including phenoxy) is 2. The van der Waals surface area contributed by atoms with Gasteiger partial charge < -0.3 is 14.8 Å². The van der Waals surface area contributed by atoms with Crippen molar-refractivity contribution in [1.29, 1.82) is 0 Å². The Hall–Kier alpha value is -1.23. The molecule has 19 heavy (non-hydrogen) atoms. The van der Waals surface area contributed by atoms with Crippen molar-refractivity contribution in [1.82, 2.24) is 5.32 Å². The predicted molar refractivity (Wildman–Crippen MR) is 77.4 cm³/mol. The molecule has 0 aliphatic heterocycles. The van der Waals surface area contributed by atoms with Crippen LogP contribution in [-0.2, 0) is 0 Å². The summed E-state index contributed by atoms with van der Waals surface area (Å²) >= 11 is 3.48. The molecule has 5 heteroatoms. The Morgan fingerprint density at radius 3 is 2.58 bits per heavy atom. The molecule has 4 nitrogen and oxygen atoms in total. The normalized spacial score (nSPS) is 16.4. The molecule has 0 spiro atoms. The van der Waals surface area contributed by atoms with Crippen molar-refractivity contribution in [2.45, 2.75) is 24.8 Å². The first-order valence-corrected chi connectivity index (χ1v) is 7.37. The maximum Gasteiger partial charge on any atom is 0.255 e. The minimum atomic E-state index is -0.116. The maximum absolute atomic E-state index is 12.4. The summed E-state index contributed by atoms with van der Waals surface area (Å²) in [5.41, 5.74) is 0.402. The molecule has 0 unspecified atom stereocenters. The molecule has 0 saturated heterocycles. The van der Waals surface area contributed by atoms with Gasteiger partial charge in [-0.1, -0.05) is 22.0 Å². The zero-order valence-corrected chi connectivity index (χ0v) is 12.7. The zero-order chi connectivity index (χ0) is 13.9. The van der Waals surface area contributed by atoms with Gasteiger partial charge in [0.15, 0.2) is 11.5 Å². The summed E-state index contributed by atoms with van der Waals surface area (Å²) in [7, 11) is 3.10. The predicted octanol–water partition coefficient (Wildman–Crippen LogP) is 2.75. The highest BCUT2D eigenvalue weighted by atomic mass is 79.9. The van der Waals surface area contributed by atoms with Gasteiger partial charge in [-0.05, 0) is 31.4 Å². The molecule has 1 aromatic carbocycles. The standard InChI is InChI=1S/C14H18BrNO3/c1-18-11-6-3-5-10(12(11)19-2)13(17)16-14(9-15)7-4-8-14/h3,5-6H,4,7-9H2,1-2H3,(H,16,17). The molecule has 0 aromatic heterocycles. The van der Waals surface area contributed by atoms with Gasteiger partial charge in [0, 0.05) is 5.33 Å². The number of alkyl halides is 1. The lowest BCUT2D eigenvalue weighted by Gasteiger charge is -2.41. The molecule has 0 radical (unpaired) electrons. The number of methoxy groups -OCH3 is 2. The number of benzene rings is 1. The topological polar surface area (TPSA) is 47.6 Å². The maximum atomic E-state index is 12.4. The summed E-state index contributed by atoms with van der Waals surface area (Å²) < 4.78 is 10.5. The summed E-state index contributed by atoms with van der Waals surface area (Å²) in [6.45, 7) is 0. The van der Waals surface area contributed by atoms with Gasteiger partial charge in [0.2, 0.25) is 0 Å². The molecule has 1 fully saturated rings. The molecule has 1 N–H and O–H groups in total. The van der Waals surface area contributed by atoms with Gasteiger partial charge in [-0.15, -0.1) is 0 Å². The van der Waals surface area contributed by atoms with E-state index in [1.54, 1.807) is 25.3 Å². The lowest BCUT2D eigenvalue weighted by atomic mass is 9.78. The molecule has 2 rings (SSSR count). The fraction of sp³-hybridized carbons (Fsp3) is 0.500.